The molecule has 1 heterocycles. The van der Waals surface area contributed by atoms with E-state index in [1.807, 2.05) is 18.2 Å². The quantitative estimate of drug-likeness (QED) is 0.860. The maximum atomic E-state index is 12.3. The Bertz CT molecular complexity index is 806. The molecular weight excluding hydrogens is 342 g/mol. The van der Waals surface area contributed by atoms with Crippen molar-refractivity contribution in [3.63, 3.8) is 0 Å². The Balaban J connectivity index is 1.53. The van der Waals surface area contributed by atoms with Gasteiger partial charge >= 0.3 is 5.97 Å². The first-order chi connectivity index (χ1) is 12.0. The van der Waals surface area contributed by atoms with Crippen molar-refractivity contribution >= 4 is 23.5 Å². The molecule has 1 atom stereocenters. The minimum atomic E-state index is -0.956. The Morgan fingerprint density at radius 3 is 2.88 bits per heavy atom. The van der Waals surface area contributed by atoms with Gasteiger partial charge < -0.3 is 15.2 Å². The van der Waals surface area contributed by atoms with E-state index in [4.69, 9.17) is 21.4 Å². The highest BCUT2D eigenvalue weighted by Crippen LogP contribution is 2.29. The highest BCUT2D eigenvalue weighted by molar-refractivity contribution is 6.30. The molecule has 1 aliphatic rings. The lowest BCUT2D eigenvalue weighted by atomic mass is 9.96. The van der Waals surface area contributed by atoms with Crippen LogP contribution in [-0.4, -0.2) is 30.1 Å². The second-order valence-corrected chi connectivity index (χ2v) is 6.45. The molecule has 0 saturated heterocycles. The highest BCUT2D eigenvalue weighted by atomic mass is 35.5. The van der Waals surface area contributed by atoms with Crippen molar-refractivity contribution in [2.45, 2.75) is 12.8 Å². The molecule has 1 amide bonds. The van der Waals surface area contributed by atoms with Gasteiger partial charge in [-0.05, 0) is 54.3 Å². The normalized spacial score (nSPS) is 15.8. The summed E-state index contributed by atoms with van der Waals surface area (Å²) in [7, 11) is 0. The largest absolute Gasteiger partial charge is 0.492 e. The van der Waals surface area contributed by atoms with E-state index >= 15 is 0 Å². The molecule has 6 heteroatoms. The standard InChI is InChI=1S/C19H18ClNO4/c20-16-4-5-17-14(10-16)9-15(11-25-17)18(22)21-7-6-12-2-1-3-13(8-12)19(23)24/h1-5,8,10,15H,6-7,9,11H2,(H,21,22)(H,23,24). The highest BCUT2D eigenvalue weighted by Gasteiger charge is 2.25. The average Bonchev–Trinajstić information content (AvgIpc) is 2.61. The molecule has 2 aromatic carbocycles. The van der Waals surface area contributed by atoms with E-state index in [9.17, 15) is 9.59 Å². The Morgan fingerprint density at radius 1 is 1.24 bits per heavy atom. The second-order valence-electron chi connectivity index (χ2n) is 6.01. The van der Waals surface area contributed by atoms with Crippen molar-refractivity contribution in [2.75, 3.05) is 13.2 Å². The number of ether oxygens (including phenoxy) is 1. The number of carbonyl (C=O) groups is 2. The van der Waals surface area contributed by atoms with Gasteiger partial charge in [-0.1, -0.05) is 23.7 Å². The fourth-order valence-corrected chi connectivity index (χ4v) is 3.06. The van der Waals surface area contributed by atoms with Gasteiger partial charge in [0.1, 0.15) is 12.4 Å². The maximum absolute atomic E-state index is 12.3. The van der Waals surface area contributed by atoms with Crippen molar-refractivity contribution in [3.05, 3.63) is 64.2 Å². The summed E-state index contributed by atoms with van der Waals surface area (Å²) < 4.78 is 5.63. The molecule has 1 unspecified atom stereocenters. The number of nitrogens with one attached hydrogen (secondary N) is 1. The molecule has 0 aromatic heterocycles. The predicted octanol–water partition coefficient (Wildman–Crippen LogP) is 2.95. The molecule has 3 rings (SSSR count). The molecule has 130 valence electrons. The molecule has 5 nitrogen and oxygen atoms in total. The predicted molar refractivity (Wildman–Crippen MR) is 94.3 cm³/mol. The van der Waals surface area contributed by atoms with Crippen LogP contribution in [0.3, 0.4) is 0 Å². The Morgan fingerprint density at radius 2 is 2.08 bits per heavy atom. The third-order valence-electron chi connectivity index (χ3n) is 4.19. The van der Waals surface area contributed by atoms with E-state index in [0.29, 0.717) is 31.0 Å². The van der Waals surface area contributed by atoms with Crippen molar-refractivity contribution in [2.24, 2.45) is 5.92 Å². The first-order valence-corrected chi connectivity index (χ1v) is 8.42. The summed E-state index contributed by atoms with van der Waals surface area (Å²) in [6, 6.07) is 12.1. The smallest absolute Gasteiger partial charge is 0.335 e. The number of carboxylic acid groups (broad SMARTS) is 1. The summed E-state index contributed by atoms with van der Waals surface area (Å²) in [5, 5.41) is 12.5. The number of hydrogen-bond acceptors (Lipinski definition) is 3. The number of amides is 1. The van der Waals surface area contributed by atoms with Gasteiger partial charge in [-0.2, -0.15) is 0 Å². The molecule has 2 aromatic rings. The molecular formula is C19H18ClNO4. The molecule has 0 saturated carbocycles. The van der Waals surface area contributed by atoms with E-state index in [-0.39, 0.29) is 17.4 Å². The summed E-state index contributed by atoms with van der Waals surface area (Å²) in [5.41, 5.74) is 2.06. The molecule has 0 aliphatic carbocycles. The Kier molecular flexibility index (Phi) is 5.24. The van der Waals surface area contributed by atoms with Crippen LogP contribution in [0.15, 0.2) is 42.5 Å². The number of aromatic carboxylic acids is 1. The number of benzene rings is 2. The number of fused-ring (bicyclic) bond motifs is 1. The third-order valence-corrected chi connectivity index (χ3v) is 4.42. The van der Waals surface area contributed by atoms with E-state index in [1.165, 1.54) is 0 Å². The first kappa shape index (κ1) is 17.3. The molecule has 0 radical (unpaired) electrons. The first-order valence-electron chi connectivity index (χ1n) is 8.04. The van der Waals surface area contributed by atoms with Crippen LogP contribution in [0.1, 0.15) is 21.5 Å². The van der Waals surface area contributed by atoms with Gasteiger partial charge in [-0.15, -0.1) is 0 Å². The monoisotopic (exact) mass is 359 g/mol. The number of rotatable bonds is 5. The Labute approximate surface area is 150 Å². The number of carboxylic acids is 1. The summed E-state index contributed by atoms with van der Waals surface area (Å²) in [6.45, 7) is 0.787. The lowest BCUT2D eigenvalue weighted by Crippen LogP contribution is -2.38. The van der Waals surface area contributed by atoms with Crippen molar-refractivity contribution in [1.82, 2.24) is 5.32 Å². The van der Waals surface area contributed by atoms with Gasteiger partial charge in [0.2, 0.25) is 5.91 Å². The topological polar surface area (TPSA) is 75.6 Å². The third kappa shape index (κ3) is 4.31. The van der Waals surface area contributed by atoms with Crippen molar-refractivity contribution in [3.8, 4) is 5.75 Å². The second kappa shape index (κ2) is 7.57. The summed E-state index contributed by atoms with van der Waals surface area (Å²) >= 11 is 5.99. The van der Waals surface area contributed by atoms with Gasteiger partial charge in [0.15, 0.2) is 0 Å². The molecule has 0 bridgehead atoms. The fourth-order valence-electron chi connectivity index (χ4n) is 2.87. The minimum Gasteiger partial charge on any atom is -0.492 e. The lowest BCUT2D eigenvalue weighted by molar-refractivity contribution is -0.126. The van der Waals surface area contributed by atoms with E-state index < -0.39 is 5.97 Å². The number of halogens is 1. The van der Waals surface area contributed by atoms with Crippen LogP contribution in [-0.2, 0) is 17.6 Å². The van der Waals surface area contributed by atoms with Crippen LogP contribution in [0.25, 0.3) is 0 Å². The van der Waals surface area contributed by atoms with Gasteiger partial charge in [-0.3, -0.25) is 4.79 Å². The Hall–Kier alpha value is -2.53. The van der Waals surface area contributed by atoms with Crippen LogP contribution in [0.2, 0.25) is 5.02 Å². The maximum Gasteiger partial charge on any atom is 0.335 e. The zero-order chi connectivity index (χ0) is 17.8. The summed E-state index contributed by atoms with van der Waals surface area (Å²) in [6.07, 6.45) is 1.17. The molecule has 25 heavy (non-hydrogen) atoms. The average molecular weight is 360 g/mol. The summed E-state index contributed by atoms with van der Waals surface area (Å²) in [4.78, 5) is 23.3. The fraction of sp³-hybridized carbons (Fsp3) is 0.263. The van der Waals surface area contributed by atoms with E-state index in [1.54, 1.807) is 24.3 Å². The van der Waals surface area contributed by atoms with Crippen LogP contribution < -0.4 is 10.1 Å². The minimum absolute atomic E-state index is 0.0694. The van der Waals surface area contributed by atoms with Crippen LogP contribution in [0.5, 0.6) is 5.75 Å². The van der Waals surface area contributed by atoms with Crippen molar-refractivity contribution < 1.29 is 19.4 Å². The summed E-state index contributed by atoms with van der Waals surface area (Å²) in [5.74, 6) is -0.502. The lowest BCUT2D eigenvalue weighted by Gasteiger charge is -2.24. The van der Waals surface area contributed by atoms with Gasteiger partial charge in [0.25, 0.3) is 0 Å². The number of hydrogen-bond donors (Lipinski definition) is 2. The molecule has 0 spiro atoms. The number of carbonyl (C=O) groups excluding carboxylic acids is 1. The van der Waals surface area contributed by atoms with Crippen molar-refractivity contribution in [1.29, 1.82) is 0 Å². The van der Waals surface area contributed by atoms with Gasteiger partial charge in [-0.25, -0.2) is 4.79 Å². The SMILES string of the molecule is O=C(O)c1cccc(CCNC(=O)C2COc3ccc(Cl)cc3C2)c1. The van der Waals surface area contributed by atoms with E-state index in [2.05, 4.69) is 5.32 Å². The molecule has 1 aliphatic heterocycles. The van der Waals surface area contributed by atoms with Crippen LogP contribution in [0, 0.1) is 5.92 Å². The van der Waals surface area contributed by atoms with E-state index in [0.717, 1.165) is 16.9 Å². The zero-order valence-electron chi connectivity index (χ0n) is 13.5. The van der Waals surface area contributed by atoms with Gasteiger partial charge in [0, 0.05) is 11.6 Å². The zero-order valence-corrected chi connectivity index (χ0v) is 14.3. The molecule has 0 fully saturated rings. The van der Waals surface area contributed by atoms with Crippen LogP contribution in [0.4, 0.5) is 0 Å². The van der Waals surface area contributed by atoms with Crippen LogP contribution >= 0.6 is 11.6 Å². The molecule has 2 N–H and O–H groups in total. The van der Waals surface area contributed by atoms with Gasteiger partial charge in [0.05, 0.1) is 11.5 Å².